The van der Waals surface area contributed by atoms with Crippen LogP contribution in [0.3, 0.4) is 0 Å². The topological polar surface area (TPSA) is 81.2 Å². The van der Waals surface area contributed by atoms with Gasteiger partial charge >= 0.3 is 0 Å². The van der Waals surface area contributed by atoms with Crippen molar-refractivity contribution in [2.24, 2.45) is 5.18 Å². The lowest BCUT2D eigenvalue weighted by atomic mass is 10.1. The second-order valence-corrected chi connectivity index (χ2v) is 5.96. The Labute approximate surface area is 135 Å². The van der Waals surface area contributed by atoms with E-state index in [9.17, 15) is 10.0 Å². The molecule has 0 fully saturated rings. The van der Waals surface area contributed by atoms with Crippen molar-refractivity contribution in [2.75, 3.05) is 0 Å². The first-order valence-corrected chi connectivity index (χ1v) is 7.42. The van der Waals surface area contributed by atoms with Crippen LogP contribution in [0.15, 0.2) is 41.6 Å². The van der Waals surface area contributed by atoms with Crippen molar-refractivity contribution in [3.63, 3.8) is 0 Å². The van der Waals surface area contributed by atoms with Crippen LogP contribution < -0.4 is 0 Å². The third kappa shape index (κ3) is 2.01. The lowest BCUT2D eigenvalue weighted by molar-refractivity contribution is 0.460. The van der Waals surface area contributed by atoms with Gasteiger partial charge in [-0.15, -0.1) is 4.91 Å². The van der Waals surface area contributed by atoms with Crippen molar-refractivity contribution in [1.29, 1.82) is 0 Å². The van der Waals surface area contributed by atoms with Gasteiger partial charge in [0.25, 0.3) is 0 Å². The average Bonchev–Trinajstić information content (AvgIpc) is 3.02. The van der Waals surface area contributed by atoms with Gasteiger partial charge in [-0.1, -0.05) is 23.2 Å². The van der Waals surface area contributed by atoms with Crippen LogP contribution in [0.5, 0.6) is 5.88 Å². The Morgan fingerprint density at radius 2 is 1.78 bits per heavy atom. The van der Waals surface area contributed by atoms with Gasteiger partial charge in [-0.05, 0) is 42.4 Å². The quantitative estimate of drug-likeness (QED) is 0.432. The van der Waals surface area contributed by atoms with Gasteiger partial charge in [0, 0.05) is 26.8 Å². The van der Waals surface area contributed by atoms with Gasteiger partial charge in [-0.3, -0.25) is 0 Å². The molecule has 0 atom stereocenters. The van der Waals surface area contributed by atoms with E-state index in [-0.39, 0.29) is 11.6 Å². The molecule has 4 rings (SSSR count). The Morgan fingerprint density at radius 3 is 2.57 bits per heavy atom. The maximum Gasteiger partial charge on any atom is 0.199 e. The van der Waals surface area contributed by atoms with Crippen LogP contribution in [-0.2, 0) is 0 Å². The monoisotopic (exact) mass is 325 g/mol. The zero-order valence-corrected chi connectivity index (χ0v) is 12.9. The number of aromatic amines is 2. The molecule has 0 spiro atoms. The Balaban J connectivity index is 2.12. The highest BCUT2D eigenvalue weighted by Crippen LogP contribution is 2.44. The third-order valence-electron chi connectivity index (χ3n) is 4.01. The van der Waals surface area contributed by atoms with Gasteiger partial charge in [0.2, 0.25) is 0 Å². The molecule has 0 saturated heterocycles. The second-order valence-electron chi connectivity index (χ2n) is 5.53. The number of hydrogen-bond donors (Lipinski definition) is 3. The van der Waals surface area contributed by atoms with E-state index in [2.05, 4.69) is 15.1 Å². The predicted octanol–water partition coefficient (Wildman–Crippen LogP) is 5.38. The zero-order chi connectivity index (χ0) is 16.1. The molecule has 2 aromatic heterocycles. The molecule has 0 bridgehead atoms. The second kappa shape index (κ2) is 4.86. The molecule has 0 saturated carbocycles. The fourth-order valence-corrected chi connectivity index (χ4v) is 3.14. The number of nitroso groups, excluding NO2 is 1. The van der Waals surface area contributed by atoms with Gasteiger partial charge in [-0.25, -0.2) is 0 Å². The number of halogens is 1. The number of H-pyrrole nitrogens is 2. The molecule has 0 unspecified atom stereocenters. The molecule has 2 aromatic carbocycles. The van der Waals surface area contributed by atoms with Gasteiger partial charge in [-0.2, -0.15) is 0 Å². The van der Waals surface area contributed by atoms with Gasteiger partial charge < -0.3 is 15.1 Å². The van der Waals surface area contributed by atoms with E-state index in [4.69, 9.17) is 11.6 Å². The van der Waals surface area contributed by atoms with Gasteiger partial charge in [0.15, 0.2) is 5.88 Å². The van der Waals surface area contributed by atoms with Gasteiger partial charge in [0.05, 0.1) is 11.3 Å². The summed E-state index contributed by atoms with van der Waals surface area (Å²) in [6.07, 6.45) is 0. The highest BCUT2D eigenvalue weighted by molar-refractivity contribution is 6.31. The minimum atomic E-state index is -0.0320. The maximum atomic E-state index is 11.4. The summed E-state index contributed by atoms with van der Waals surface area (Å²) in [5, 5.41) is 15.5. The molecular weight excluding hydrogens is 314 g/mol. The van der Waals surface area contributed by atoms with E-state index in [0.29, 0.717) is 16.3 Å². The zero-order valence-electron chi connectivity index (χ0n) is 12.1. The fourth-order valence-electron chi connectivity index (χ4n) is 2.97. The van der Waals surface area contributed by atoms with Crippen LogP contribution in [-0.4, -0.2) is 15.1 Å². The largest absolute Gasteiger partial charge is 0.494 e. The number of benzene rings is 2. The van der Waals surface area contributed by atoms with E-state index in [0.717, 1.165) is 27.4 Å². The number of nitrogens with one attached hydrogen (secondary N) is 2. The number of aryl methyl sites for hydroxylation is 1. The van der Waals surface area contributed by atoms with Crippen LogP contribution in [0.25, 0.3) is 33.1 Å². The van der Waals surface area contributed by atoms with Crippen molar-refractivity contribution in [1.82, 2.24) is 9.97 Å². The minimum absolute atomic E-state index is 0.0320. The van der Waals surface area contributed by atoms with Crippen molar-refractivity contribution in [3.8, 4) is 17.1 Å². The summed E-state index contributed by atoms with van der Waals surface area (Å²) in [5.41, 5.74) is 3.79. The smallest absolute Gasteiger partial charge is 0.199 e. The molecule has 0 aliphatic rings. The Morgan fingerprint density at radius 1 is 1.04 bits per heavy atom. The molecule has 0 amide bonds. The van der Waals surface area contributed by atoms with Crippen molar-refractivity contribution < 1.29 is 5.11 Å². The molecule has 4 aromatic rings. The molecule has 6 heteroatoms. The summed E-state index contributed by atoms with van der Waals surface area (Å²) in [6, 6.07) is 11.0. The van der Waals surface area contributed by atoms with Crippen molar-refractivity contribution in [2.45, 2.75) is 6.92 Å². The molecule has 2 heterocycles. The molecule has 114 valence electrons. The number of rotatable bonds is 2. The van der Waals surface area contributed by atoms with E-state index in [1.165, 1.54) is 0 Å². The lowest BCUT2D eigenvalue weighted by Crippen LogP contribution is -1.77. The first-order valence-electron chi connectivity index (χ1n) is 7.04. The van der Waals surface area contributed by atoms with E-state index < -0.39 is 0 Å². The van der Waals surface area contributed by atoms with Crippen molar-refractivity contribution in [3.05, 3.63) is 51.9 Å². The van der Waals surface area contributed by atoms with E-state index in [1.807, 2.05) is 25.1 Å². The Kier molecular flexibility index (Phi) is 2.92. The highest BCUT2D eigenvalue weighted by atomic mass is 35.5. The summed E-state index contributed by atoms with van der Waals surface area (Å²) < 4.78 is 0. The Hall–Kier alpha value is -2.79. The fraction of sp³-hybridized carbons (Fsp3) is 0.0588. The average molecular weight is 326 g/mol. The van der Waals surface area contributed by atoms with Crippen LogP contribution >= 0.6 is 11.6 Å². The molecular formula is C17H12ClN3O2. The number of fused-ring (bicyclic) bond motifs is 2. The number of nitrogens with zero attached hydrogens (tertiary/aromatic N) is 1. The standard InChI is InChI=1S/C17H12ClN3O2/c1-8-2-4-13-11(6-8)15(21-23)16(19-13)14-10-7-9(18)3-5-12(10)20-17(14)22/h2-7,19-20,22H,1H3. The van der Waals surface area contributed by atoms with Crippen LogP contribution in [0.2, 0.25) is 5.02 Å². The predicted molar refractivity (Wildman–Crippen MR) is 92.5 cm³/mol. The molecule has 23 heavy (non-hydrogen) atoms. The Bertz CT molecular complexity index is 1080. The highest BCUT2D eigenvalue weighted by Gasteiger charge is 2.21. The summed E-state index contributed by atoms with van der Waals surface area (Å²) in [6.45, 7) is 1.95. The lowest BCUT2D eigenvalue weighted by Gasteiger charge is -1.99. The molecule has 0 radical (unpaired) electrons. The van der Waals surface area contributed by atoms with E-state index in [1.54, 1.807) is 18.2 Å². The summed E-state index contributed by atoms with van der Waals surface area (Å²) in [7, 11) is 0. The molecule has 0 aliphatic carbocycles. The van der Waals surface area contributed by atoms with Gasteiger partial charge in [0.1, 0.15) is 5.69 Å². The third-order valence-corrected chi connectivity index (χ3v) is 4.24. The van der Waals surface area contributed by atoms with E-state index >= 15 is 0 Å². The molecule has 3 N–H and O–H groups in total. The first-order chi connectivity index (χ1) is 11.1. The minimum Gasteiger partial charge on any atom is -0.494 e. The SMILES string of the molecule is Cc1ccc2[nH]c(-c3c(O)[nH]c4ccc(Cl)cc34)c(N=O)c2c1. The van der Waals surface area contributed by atoms with Crippen LogP contribution in [0.4, 0.5) is 5.69 Å². The first kappa shape index (κ1) is 13.8. The number of hydrogen-bond acceptors (Lipinski definition) is 3. The normalized spacial score (nSPS) is 11.4. The number of aromatic hydroxyl groups is 1. The van der Waals surface area contributed by atoms with Crippen molar-refractivity contribution >= 4 is 39.1 Å². The van der Waals surface area contributed by atoms with Crippen LogP contribution in [0, 0.1) is 11.8 Å². The molecule has 0 aliphatic heterocycles. The maximum absolute atomic E-state index is 11.4. The summed E-state index contributed by atoms with van der Waals surface area (Å²) in [4.78, 5) is 17.5. The summed E-state index contributed by atoms with van der Waals surface area (Å²) >= 11 is 6.07. The molecule has 5 nitrogen and oxygen atoms in total. The van der Waals surface area contributed by atoms with Crippen LogP contribution in [0.1, 0.15) is 5.56 Å². The summed E-state index contributed by atoms with van der Waals surface area (Å²) in [5.74, 6) is -0.0320. The number of aromatic nitrogens is 2.